The van der Waals surface area contributed by atoms with Gasteiger partial charge in [-0.1, -0.05) is 13.0 Å². The second kappa shape index (κ2) is 7.69. The van der Waals surface area contributed by atoms with Crippen LogP contribution in [0.5, 0.6) is 0 Å². The van der Waals surface area contributed by atoms with E-state index in [4.69, 9.17) is 11.6 Å². The number of carbonyl (C=O) groups excluding carboxylic acids is 1. The third kappa shape index (κ3) is 5.52. The molecule has 4 heteroatoms. The lowest BCUT2D eigenvalue weighted by molar-refractivity contribution is -0.120. The van der Waals surface area contributed by atoms with Gasteiger partial charge in [0.1, 0.15) is 0 Å². The molecule has 1 amide bonds. The maximum absolute atomic E-state index is 11.5. The zero-order valence-corrected chi connectivity index (χ0v) is 11.1. The molecule has 1 unspecified atom stereocenters. The minimum atomic E-state index is 0.112. The number of carbonyl (C=O) groups is 1. The van der Waals surface area contributed by atoms with Crippen molar-refractivity contribution >= 4 is 28.8 Å². The number of halogens is 1. The van der Waals surface area contributed by atoms with Gasteiger partial charge < -0.3 is 5.32 Å². The molecule has 90 valence electrons. The Morgan fingerprint density at radius 3 is 3.06 bits per heavy atom. The predicted molar refractivity (Wildman–Crippen MR) is 70.2 cm³/mol. The van der Waals surface area contributed by atoms with Crippen LogP contribution in [0.2, 0.25) is 0 Å². The first kappa shape index (κ1) is 13.5. The van der Waals surface area contributed by atoms with E-state index in [1.165, 1.54) is 0 Å². The number of thiophene rings is 1. The number of amides is 1. The first-order valence-electron chi connectivity index (χ1n) is 5.57. The van der Waals surface area contributed by atoms with E-state index in [-0.39, 0.29) is 5.91 Å². The number of hydrogen-bond acceptors (Lipinski definition) is 2. The van der Waals surface area contributed by atoms with Crippen LogP contribution in [0.3, 0.4) is 0 Å². The van der Waals surface area contributed by atoms with Gasteiger partial charge in [0.25, 0.3) is 0 Å². The molecule has 1 N–H and O–H groups in total. The molecule has 1 rings (SSSR count). The Morgan fingerprint density at radius 2 is 2.44 bits per heavy atom. The molecule has 0 radical (unpaired) electrons. The average Bonchev–Trinajstić information content (AvgIpc) is 2.76. The molecular weight excluding hydrogens is 242 g/mol. The average molecular weight is 260 g/mol. The summed E-state index contributed by atoms with van der Waals surface area (Å²) in [6.45, 7) is 2.88. The van der Waals surface area contributed by atoms with Crippen LogP contribution in [0.25, 0.3) is 0 Å². The van der Waals surface area contributed by atoms with Crippen LogP contribution in [-0.2, 0) is 11.2 Å². The Bertz CT molecular complexity index is 300. The molecule has 0 aliphatic heterocycles. The maximum Gasteiger partial charge on any atom is 0.225 e. The third-order valence-electron chi connectivity index (χ3n) is 2.37. The van der Waals surface area contributed by atoms with Crippen molar-refractivity contribution in [2.45, 2.75) is 26.2 Å². The highest BCUT2D eigenvalue weighted by Crippen LogP contribution is 2.09. The van der Waals surface area contributed by atoms with Crippen LogP contribution in [0.15, 0.2) is 17.5 Å². The van der Waals surface area contributed by atoms with E-state index < -0.39 is 0 Å². The zero-order chi connectivity index (χ0) is 11.8. The highest BCUT2D eigenvalue weighted by molar-refractivity contribution is 7.10. The van der Waals surface area contributed by atoms with Crippen molar-refractivity contribution in [1.82, 2.24) is 5.32 Å². The molecule has 0 aliphatic carbocycles. The molecule has 0 spiro atoms. The molecule has 0 aromatic carbocycles. The van der Waals surface area contributed by atoms with Crippen molar-refractivity contribution in [3.05, 3.63) is 22.4 Å². The molecule has 0 fully saturated rings. The fourth-order valence-electron chi connectivity index (χ4n) is 1.39. The van der Waals surface area contributed by atoms with Gasteiger partial charge in [0, 0.05) is 17.3 Å². The predicted octanol–water partition coefficient (Wildman–Crippen LogP) is 3.06. The summed E-state index contributed by atoms with van der Waals surface area (Å²) in [4.78, 5) is 12.6. The number of alkyl halides is 1. The van der Waals surface area contributed by atoms with Gasteiger partial charge in [0.15, 0.2) is 0 Å². The van der Waals surface area contributed by atoms with Crippen LogP contribution in [-0.4, -0.2) is 18.3 Å². The molecule has 0 aliphatic rings. The molecule has 0 saturated carbocycles. The van der Waals surface area contributed by atoms with Crippen molar-refractivity contribution in [2.24, 2.45) is 5.92 Å². The van der Waals surface area contributed by atoms with Gasteiger partial charge in [-0.3, -0.25) is 4.79 Å². The van der Waals surface area contributed by atoms with Crippen molar-refractivity contribution in [2.75, 3.05) is 12.4 Å². The zero-order valence-electron chi connectivity index (χ0n) is 9.54. The first-order valence-corrected chi connectivity index (χ1v) is 6.99. The summed E-state index contributed by atoms with van der Waals surface area (Å²) in [7, 11) is 0. The standard InChI is InChI=1S/C12H18ClNOS/c1-10(9-13)4-2-6-14-12(15)8-11-5-3-7-16-11/h3,5,7,10H,2,4,6,8-9H2,1H3,(H,14,15). The van der Waals surface area contributed by atoms with Crippen molar-refractivity contribution in [3.63, 3.8) is 0 Å². The molecule has 16 heavy (non-hydrogen) atoms. The Morgan fingerprint density at radius 1 is 1.62 bits per heavy atom. The Kier molecular flexibility index (Phi) is 6.50. The Labute approximate surface area is 106 Å². The second-order valence-corrected chi connectivity index (χ2v) is 5.35. The summed E-state index contributed by atoms with van der Waals surface area (Å²) < 4.78 is 0. The number of nitrogens with one attached hydrogen (secondary N) is 1. The van der Waals surface area contributed by atoms with Crippen LogP contribution in [0.1, 0.15) is 24.6 Å². The third-order valence-corrected chi connectivity index (χ3v) is 3.78. The topological polar surface area (TPSA) is 29.1 Å². The monoisotopic (exact) mass is 259 g/mol. The van der Waals surface area contributed by atoms with Crippen LogP contribution < -0.4 is 5.32 Å². The van der Waals surface area contributed by atoms with Gasteiger partial charge in [-0.25, -0.2) is 0 Å². The molecule has 2 nitrogen and oxygen atoms in total. The molecule has 0 bridgehead atoms. The van der Waals surface area contributed by atoms with E-state index in [9.17, 15) is 4.79 Å². The van der Waals surface area contributed by atoms with E-state index in [1.807, 2.05) is 17.5 Å². The largest absolute Gasteiger partial charge is 0.356 e. The fourth-order valence-corrected chi connectivity index (χ4v) is 2.25. The van der Waals surface area contributed by atoms with Crippen molar-refractivity contribution < 1.29 is 4.79 Å². The summed E-state index contributed by atoms with van der Waals surface area (Å²) in [5.74, 6) is 1.35. The van der Waals surface area contributed by atoms with Gasteiger partial charge in [0.05, 0.1) is 6.42 Å². The van der Waals surface area contributed by atoms with E-state index >= 15 is 0 Å². The normalized spacial score (nSPS) is 12.4. The van der Waals surface area contributed by atoms with E-state index in [0.717, 1.165) is 24.3 Å². The highest BCUT2D eigenvalue weighted by atomic mass is 35.5. The van der Waals surface area contributed by atoms with Crippen LogP contribution in [0.4, 0.5) is 0 Å². The maximum atomic E-state index is 11.5. The summed E-state index contributed by atoms with van der Waals surface area (Å²) in [6, 6.07) is 3.95. The molecule has 0 saturated heterocycles. The molecule has 1 heterocycles. The Hall–Kier alpha value is -0.540. The fraction of sp³-hybridized carbons (Fsp3) is 0.583. The van der Waals surface area contributed by atoms with Crippen molar-refractivity contribution in [1.29, 1.82) is 0 Å². The van der Waals surface area contributed by atoms with Crippen LogP contribution >= 0.6 is 22.9 Å². The van der Waals surface area contributed by atoms with Crippen LogP contribution in [0, 0.1) is 5.92 Å². The summed E-state index contributed by atoms with van der Waals surface area (Å²) in [5, 5.41) is 4.92. The van der Waals surface area contributed by atoms with Crippen molar-refractivity contribution in [3.8, 4) is 0 Å². The van der Waals surface area contributed by atoms with Gasteiger partial charge in [-0.2, -0.15) is 0 Å². The minimum Gasteiger partial charge on any atom is -0.356 e. The molecule has 1 atom stereocenters. The SMILES string of the molecule is CC(CCl)CCCNC(=O)Cc1cccs1. The van der Waals surface area contributed by atoms with E-state index in [0.29, 0.717) is 18.2 Å². The van der Waals surface area contributed by atoms with Gasteiger partial charge in [-0.15, -0.1) is 22.9 Å². The molecule has 1 aromatic rings. The summed E-state index contributed by atoms with van der Waals surface area (Å²) >= 11 is 7.32. The smallest absolute Gasteiger partial charge is 0.225 e. The summed E-state index contributed by atoms with van der Waals surface area (Å²) in [6.07, 6.45) is 2.58. The quantitative estimate of drug-likeness (QED) is 0.592. The lowest BCUT2D eigenvalue weighted by Gasteiger charge is -2.07. The molecule has 1 aromatic heterocycles. The lowest BCUT2D eigenvalue weighted by atomic mass is 10.1. The minimum absolute atomic E-state index is 0.112. The van der Waals surface area contributed by atoms with E-state index in [1.54, 1.807) is 11.3 Å². The Balaban J connectivity index is 2.07. The first-order chi connectivity index (χ1) is 7.72. The number of rotatable bonds is 7. The van der Waals surface area contributed by atoms with Gasteiger partial charge >= 0.3 is 0 Å². The van der Waals surface area contributed by atoms with Gasteiger partial charge in [-0.05, 0) is 30.2 Å². The highest BCUT2D eigenvalue weighted by Gasteiger charge is 2.04. The van der Waals surface area contributed by atoms with Gasteiger partial charge in [0.2, 0.25) is 5.91 Å². The number of hydrogen-bond donors (Lipinski definition) is 1. The second-order valence-electron chi connectivity index (χ2n) is 4.01. The summed E-state index contributed by atoms with van der Waals surface area (Å²) in [5.41, 5.74) is 0. The van der Waals surface area contributed by atoms with E-state index in [2.05, 4.69) is 12.2 Å². The lowest BCUT2D eigenvalue weighted by Crippen LogP contribution is -2.26. The molecular formula is C12H18ClNOS.